The third kappa shape index (κ3) is 4.48. The molecule has 0 atom stereocenters. The summed E-state index contributed by atoms with van der Waals surface area (Å²) in [6, 6.07) is 9.15. The van der Waals surface area contributed by atoms with Gasteiger partial charge in [-0.2, -0.15) is 0 Å². The Morgan fingerprint density at radius 3 is 2.52 bits per heavy atom. The Morgan fingerprint density at radius 2 is 1.89 bits per heavy atom. The van der Waals surface area contributed by atoms with Crippen LogP contribution in [0, 0.1) is 5.82 Å². The Morgan fingerprint density at radius 1 is 1.15 bits per heavy atom. The van der Waals surface area contributed by atoms with Gasteiger partial charge < -0.3 is 9.15 Å². The maximum atomic E-state index is 13.3. The Labute approximate surface area is 161 Å². The molecule has 3 rings (SSSR count). The topological polar surface area (TPSA) is 59.8 Å². The molecule has 1 aromatic heterocycles. The zero-order valence-electron chi connectivity index (χ0n) is 15.1. The Balaban J connectivity index is 1.86. The molecule has 0 fully saturated rings. The number of rotatable bonds is 8. The molecule has 0 saturated carbocycles. The number of ether oxygens (including phenoxy) is 1. The van der Waals surface area contributed by atoms with Crippen LogP contribution in [-0.4, -0.2) is 36.0 Å². The van der Waals surface area contributed by atoms with E-state index in [2.05, 4.69) is 0 Å². The van der Waals surface area contributed by atoms with Crippen molar-refractivity contribution in [2.75, 3.05) is 13.2 Å². The molecule has 5 nitrogen and oxygen atoms in total. The molecule has 0 saturated heterocycles. The number of halogens is 1. The molecule has 1 aliphatic rings. The predicted molar refractivity (Wildman–Crippen MR) is 101 cm³/mol. The van der Waals surface area contributed by atoms with E-state index in [9.17, 15) is 14.0 Å². The second-order valence-corrected chi connectivity index (χ2v) is 7.25. The number of amides is 2. The fraction of sp³-hybridized carbons (Fsp3) is 0.300. The minimum atomic E-state index is -0.400. The van der Waals surface area contributed by atoms with Crippen molar-refractivity contribution in [1.29, 1.82) is 0 Å². The van der Waals surface area contributed by atoms with Gasteiger partial charge in [0.1, 0.15) is 11.6 Å². The van der Waals surface area contributed by atoms with Gasteiger partial charge in [0.2, 0.25) is 0 Å². The lowest BCUT2D eigenvalue weighted by Crippen LogP contribution is -2.35. The minimum Gasteiger partial charge on any atom is -0.468 e. The molecule has 27 heavy (non-hydrogen) atoms. The van der Waals surface area contributed by atoms with E-state index in [0.717, 1.165) is 0 Å². The Hall–Kier alpha value is -2.38. The number of furan rings is 1. The number of hydrogen-bond acceptors (Lipinski definition) is 5. The number of thioether (sulfide) groups is 1. The van der Waals surface area contributed by atoms with Crippen LogP contribution in [0.4, 0.5) is 4.39 Å². The van der Waals surface area contributed by atoms with E-state index in [4.69, 9.17) is 9.15 Å². The minimum absolute atomic E-state index is 0.00938. The van der Waals surface area contributed by atoms with Crippen molar-refractivity contribution in [2.45, 2.75) is 25.7 Å². The number of hydrogen-bond donors (Lipinski definition) is 0. The van der Waals surface area contributed by atoms with E-state index in [1.54, 1.807) is 18.4 Å². The molecule has 0 N–H and O–H groups in total. The normalized spacial score (nSPS) is 14.7. The summed E-state index contributed by atoms with van der Waals surface area (Å²) in [5, 5.41) is 0. The van der Waals surface area contributed by atoms with Crippen molar-refractivity contribution in [3.8, 4) is 0 Å². The van der Waals surface area contributed by atoms with Crippen molar-refractivity contribution < 1.29 is 23.1 Å². The molecule has 0 spiro atoms. The fourth-order valence-corrected chi connectivity index (χ4v) is 3.71. The van der Waals surface area contributed by atoms with Crippen LogP contribution < -0.4 is 0 Å². The quantitative estimate of drug-likeness (QED) is 0.642. The van der Waals surface area contributed by atoms with Gasteiger partial charge in [0.05, 0.1) is 41.7 Å². The number of carbonyl (C=O) groups excluding carboxylic acids is 2. The first-order chi connectivity index (χ1) is 13.0. The zero-order chi connectivity index (χ0) is 19.4. The summed E-state index contributed by atoms with van der Waals surface area (Å²) in [4.78, 5) is 27.3. The predicted octanol–water partition coefficient (Wildman–Crippen LogP) is 3.86. The first kappa shape index (κ1) is 19.4. The SMILES string of the molecule is CC(C)OCCN1C(=O)C(SCc2ccco2)=C(c2ccc(F)cc2)C1=O. The molecule has 2 amide bonds. The molecule has 0 bridgehead atoms. The van der Waals surface area contributed by atoms with Gasteiger partial charge in [0.25, 0.3) is 11.8 Å². The number of carbonyl (C=O) groups is 2. The van der Waals surface area contributed by atoms with Crippen LogP contribution in [-0.2, 0) is 20.1 Å². The van der Waals surface area contributed by atoms with E-state index in [1.165, 1.54) is 40.9 Å². The highest BCUT2D eigenvalue weighted by Crippen LogP contribution is 2.37. The van der Waals surface area contributed by atoms with Gasteiger partial charge >= 0.3 is 0 Å². The van der Waals surface area contributed by atoms with E-state index >= 15 is 0 Å². The first-order valence-electron chi connectivity index (χ1n) is 8.60. The van der Waals surface area contributed by atoms with Crippen LogP contribution in [0.25, 0.3) is 5.57 Å². The van der Waals surface area contributed by atoms with Crippen molar-refractivity contribution in [3.63, 3.8) is 0 Å². The second kappa shape index (κ2) is 8.54. The van der Waals surface area contributed by atoms with Crippen molar-refractivity contribution in [3.05, 3.63) is 64.7 Å². The smallest absolute Gasteiger partial charge is 0.268 e. The summed E-state index contributed by atoms with van der Waals surface area (Å²) < 4.78 is 24.1. The third-order valence-corrected chi connectivity index (χ3v) is 5.06. The summed E-state index contributed by atoms with van der Waals surface area (Å²) in [5.74, 6) is -0.0254. The molecule has 1 aliphatic heterocycles. The van der Waals surface area contributed by atoms with Crippen molar-refractivity contribution in [1.82, 2.24) is 4.90 Å². The van der Waals surface area contributed by atoms with Gasteiger partial charge in [0, 0.05) is 0 Å². The average molecular weight is 389 g/mol. The van der Waals surface area contributed by atoms with Gasteiger partial charge in [-0.25, -0.2) is 4.39 Å². The monoisotopic (exact) mass is 389 g/mol. The van der Waals surface area contributed by atoms with Crippen LogP contribution in [0.1, 0.15) is 25.2 Å². The van der Waals surface area contributed by atoms with E-state index in [0.29, 0.717) is 27.6 Å². The molecule has 2 aromatic rings. The highest BCUT2D eigenvalue weighted by Gasteiger charge is 2.39. The van der Waals surface area contributed by atoms with Gasteiger partial charge in [-0.15, -0.1) is 11.8 Å². The second-order valence-electron chi connectivity index (χ2n) is 6.26. The highest BCUT2D eigenvalue weighted by molar-refractivity contribution is 8.03. The zero-order valence-corrected chi connectivity index (χ0v) is 15.9. The molecule has 0 radical (unpaired) electrons. The third-order valence-electron chi connectivity index (χ3n) is 3.96. The Bertz CT molecular complexity index is 843. The lowest BCUT2D eigenvalue weighted by Gasteiger charge is -2.16. The van der Waals surface area contributed by atoms with E-state index < -0.39 is 5.82 Å². The molecule has 142 valence electrons. The summed E-state index contributed by atoms with van der Waals surface area (Å²) in [7, 11) is 0. The van der Waals surface area contributed by atoms with Crippen LogP contribution in [0.15, 0.2) is 52.0 Å². The van der Waals surface area contributed by atoms with Crippen LogP contribution >= 0.6 is 11.8 Å². The Kier molecular flexibility index (Phi) is 6.13. The summed E-state index contributed by atoms with van der Waals surface area (Å²) in [6.07, 6.45) is 1.57. The summed E-state index contributed by atoms with van der Waals surface area (Å²) >= 11 is 1.24. The van der Waals surface area contributed by atoms with Gasteiger partial charge in [-0.05, 0) is 43.7 Å². The van der Waals surface area contributed by atoms with Crippen molar-refractivity contribution in [2.24, 2.45) is 0 Å². The number of benzene rings is 1. The lowest BCUT2D eigenvalue weighted by molar-refractivity contribution is -0.137. The van der Waals surface area contributed by atoms with E-state index in [-0.39, 0.29) is 31.1 Å². The highest BCUT2D eigenvalue weighted by atomic mass is 32.2. The average Bonchev–Trinajstić information content (AvgIpc) is 3.22. The first-order valence-corrected chi connectivity index (χ1v) is 9.59. The largest absolute Gasteiger partial charge is 0.468 e. The lowest BCUT2D eigenvalue weighted by atomic mass is 10.1. The van der Waals surface area contributed by atoms with Gasteiger partial charge in [-0.1, -0.05) is 12.1 Å². The molecule has 1 aromatic carbocycles. The molecule has 7 heteroatoms. The standard InChI is InChI=1S/C20H20FNO4S/c1-13(2)25-11-9-22-19(23)17(14-5-7-15(21)8-6-14)18(20(22)24)27-12-16-4-3-10-26-16/h3-8,10,13H,9,11-12H2,1-2H3. The maximum Gasteiger partial charge on any atom is 0.268 e. The van der Waals surface area contributed by atoms with Crippen LogP contribution in [0.2, 0.25) is 0 Å². The molecule has 2 heterocycles. The molecule has 0 aliphatic carbocycles. The summed E-state index contributed by atoms with van der Waals surface area (Å²) in [5.41, 5.74) is 0.810. The maximum absolute atomic E-state index is 13.3. The van der Waals surface area contributed by atoms with Crippen LogP contribution in [0.5, 0.6) is 0 Å². The van der Waals surface area contributed by atoms with Gasteiger partial charge in [-0.3, -0.25) is 14.5 Å². The number of nitrogens with zero attached hydrogens (tertiary/aromatic N) is 1. The fourth-order valence-electron chi connectivity index (χ4n) is 2.68. The van der Waals surface area contributed by atoms with Gasteiger partial charge in [0.15, 0.2) is 0 Å². The molecular formula is C20H20FNO4S. The van der Waals surface area contributed by atoms with E-state index in [1.807, 2.05) is 13.8 Å². The van der Waals surface area contributed by atoms with Crippen molar-refractivity contribution >= 4 is 29.1 Å². The summed E-state index contributed by atoms with van der Waals surface area (Å²) in [6.45, 7) is 4.22. The molecular weight excluding hydrogens is 369 g/mol. The molecule has 0 unspecified atom stereocenters. The van der Waals surface area contributed by atoms with Crippen LogP contribution in [0.3, 0.4) is 0 Å². The number of imide groups is 1.